The molecule has 1 amide bonds. The molecule has 4 rings (SSSR count). The van der Waals surface area contributed by atoms with E-state index in [9.17, 15) is 9.90 Å². The Morgan fingerprint density at radius 2 is 2.11 bits per heavy atom. The Morgan fingerprint density at radius 1 is 1.29 bits per heavy atom. The van der Waals surface area contributed by atoms with Gasteiger partial charge in [0.25, 0.3) is 0 Å². The van der Waals surface area contributed by atoms with Crippen molar-refractivity contribution in [3.8, 4) is 28.4 Å². The molecule has 1 aliphatic heterocycles. The van der Waals surface area contributed by atoms with Crippen molar-refractivity contribution in [2.24, 2.45) is 5.92 Å². The molecule has 1 aromatic carbocycles. The number of nitrogens with zero attached hydrogens (tertiary/aromatic N) is 4. The van der Waals surface area contributed by atoms with Crippen molar-refractivity contribution in [2.75, 3.05) is 40.4 Å². The fourth-order valence-electron chi connectivity index (χ4n) is 4.97. The number of nitrogens with one attached hydrogen (secondary N) is 1. The number of piperidine rings is 1. The Kier molecular flexibility index (Phi) is 8.96. The lowest BCUT2D eigenvalue weighted by molar-refractivity contribution is 0.102. The number of aliphatic hydroxyl groups is 1. The maximum atomic E-state index is 12.1. The molecule has 10 heteroatoms. The van der Waals surface area contributed by atoms with Crippen molar-refractivity contribution in [3.05, 3.63) is 47.0 Å². The number of carbonyl (C=O) groups excluding carboxylic acids is 1. The van der Waals surface area contributed by atoms with E-state index in [0.717, 1.165) is 46.6 Å². The molecule has 3 aromatic rings. The molecule has 0 radical (unpaired) electrons. The second-order valence-corrected chi connectivity index (χ2v) is 9.85. The fraction of sp³-hybridized carbons (Fsp3) is 0.500. The summed E-state index contributed by atoms with van der Waals surface area (Å²) in [6, 6.07) is 7.57. The molecule has 2 N–H and O–H groups in total. The highest BCUT2D eigenvalue weighted by atomic mass is 16.5. The van der Waals surface area contributed by atoms with Crippen LogP contribution in [0.1, 0.15) is 35.6 Å². The number of aromatic nitrogens is 3. The minimum atomic E-state index is -0.614. The number of likely N-dealkylation sites (N-methyl/N-ethyl adjacent to an activating group) is 1. The molecule has 0 spiro atoms. The molecule has 1 aliphatic rings. The molecule has 204 valence electrons. The third kappa shape index (κ3) is 6.31. The average Bonchev–Trinajstić information content (AvgIpc) is 3.26. The Balaban J connectivity index is 1.70. The zero-order valence-corrected chi connectivity index (χ0v) is 22.8. The van der Waals surface area contributed by atoms with Crippen molar-refractivity contribution in [1.29, 1.82) is 0 Å². The van der Waals surface area contributed by atoms with Gasteiger partial charge in [0.2, 0.25) is 0 Å². The molecule has 0 bridgehead atoms. The molecule has 3 heterocycles. The molecular formula is C28H37N5O5. The van der Waals surface area contributed by atoms with Crippen molar-refractivity contribution in [3.63, 3.8) is 0 Å². The van der Waals surface area contributed by atoms with Crippen LogP contribution in [0.4, 0.5) is 4.79 Å². The van der Waals surface area contributed by atoms with E-state index in [4.69, 9.17) is 24.0 Å². The van der Waals surface area contributed by atoms with Crippen LogP contribution in [0.5, 0.6) is 5.75 Å². The van der Waals surface area contributed by atoms with Crippen molar-refractivity contribution >= 4 is 6.09 Å². The summed E-state index contributed by atoms with van der Waals surface area (Å²) in [5, 5.41) is 17.1. The summed E-state index contributed by atoms with van der Waals surface area (Å²) in [7, 11) is 3.20. The van der Waals surface area contributed by atoms with Crippen molar-refractivity contribution in [2.45, 2.75) is 46.1 Å². The second-order valence-electron chi connectivity index (χ2n) is 9.85. The zero-order chi connectivity index (χ0) is 27.2. The van der Waals surface area contributed by atoms with Gasteiger partial charge in [0, 0.05) is 30.9 Å². The van der Waals surface area contributed by atoms with Gasteiger partial charge in [-0.3, -0.25) is 0 Å². The van der Waals surface area contributed by atoms with E-state index in [2.05, 4.69) is 10.5 Å². The van der Waals surface area contributed by atoms with Gasteiger partial charge >= 0.3 is 6.09 Å². The van der Waals surface area contributed by atoms with Crippen LogP contribution in [-0.2, 0) is 11.2 Å². The maximum absolute atomic E-state index is 12.1. The molecule has 1 fully saturated rings. The summed E-state index contributed by atoms with van der Waals surface area (Å²) in [6.07, 6.45) is 1.73. The van der Waals surface area contributed by atoms with Gasteiger partial charge in [-0.25, -0.2) is 14.8 Å². The lowest BCUT2D eigenvalue weighted by atomic mass is 9.91. The number of methoxy groups -OCH3 is 1. The van der Waals surface area contributed by atoms with Gasteiger partial charge in [-0.2, -0.15) is 0 Å². The number of amides is 1. The number of rotatable bonds is 9. The Morgan fingerprint density at radius 3 is 2.82 bits per heavy atom. The van der Waals surface area contributed by atoms with Gasteiger partial charge in [0.1, 0.15) is 24.2 Å². The number of hydrogen-bond acceptors (Lipinski definition) is 9. The standard InChI is InChI=1S/C28H37N5O5/c1-17-24(12-20-8-7-11-33(15-20)28(35)36-5)30-27(31-26(17)25-18(2)32-38-19(25)3)21-9-6-10-23(13-21)37-16-22(34)14-29-4/h6,9-10,13,20,22,29,34H,7-8,11-12,14-16H2,1-5H3. The summed E-state index contributed by atoms with van der Waals surface area (Å²) in [6.45, 7) is 7.78. The van der Waals surface area contributed by atoms with E-state index in [-0.39, 0.29) is 18.6 Å². The predicted molar refractivity (Wildman–Crippen MR) is 143 cm³/mol. The highest BCUT2D eigenvalue weighted by molar-refractivity contribution is 5.71. The minimum Gasteiger partial charge on any atom is -0.491 e. The van der Waals surface area contributed by atoms with E-state index >= 15 is 0 Å². The number of hydrogen-bond donors (Lipinski definition) is 2. The molecule has 2 atom stereocenters. The van der Waals surface area contributed by atoms with Crippen LogP contribution in [0.3, 0.4) is 0 Å². The summed E-state index contributed by atoms with van der Waals surface area (Å²) in [4.78, 5) is 23.9. The first-order valence-electron chi connectivity index (χ1n) is 13.0. The van der Waals surface area contributed by atoms with Gasteiger partial charge in [0.05, 0.1) is 24.1 Å². The number of aryl methyl sites for hydroxylation is 2. The van der Waals surface area contributed by atoms with Crippen molar-refractivity contribution < 1.29 is 23.9 Å². The molecule has 2 aromatic heterocycles. The first-order valence-corrected chi connectivity index (χ1v) is 13.0. The fourth-order valence-corrected chi connectivity index (χ4v) is 4.97. The van der Waals surface area contributed by atoms with Crippen LogP contribution in [0.15, 0.2) is 28.8 Å². The Labute approximate surface area is 223 Å². The average molecular weight is 524 g/mol. The maximum Gasteiger partial charge on any atom is 0.409 e. The number of aliphatic hydroxyl groups excluding tert-OH is 1. The lowest BCUT2D eigenvalue weighted by Gasteiger charge is -2.31. The molecular weight excluding hydrogens is 486 g/mol. The number of ether oxygens (including phenoxy) is 2. The van der Waals surface area contributed by atoms with E-state index in [1.165, 1.54) is 7.11 Å². The zero-order valence-electron chi connectivity index (χ0n) is 22.8. The summed E-state index contributed by atoms with van der Waals surface area (Å²) >= 11 is 0. The monoisotopic (exact) mass is 523 g/mol. The van der Waals surface area contributed by atoms with Gasteiger partial charge in [-0.05, 0) is 70.7 Å². The lowest BCUT2D eigenvalue weighted by Crippen LogP contribution is -2.40. The van der Waals surface area contributed by atoms with E-state index in [1.807, 2.05) is 45.0 Å². The molecule has 1 saturated heterocycles. The Hall–Kier alpha value is -3.50. The minimum absolute atomic E-state index is 0.174. The first kappa shape index (κ1) is 27.5. The number of carbonyl (C=O) groups is 1. The quantitative estimate of drug-likeness (QED) is 0.432. The third-order valence-electron chi connectivity index (χ3n) is 6.93. The van der Waals surface area contributed by atoms with Crippen LogP contribution in [-0.4, -0.2) is 77.7 Å². The van der Waals surface area contributed by atoms with Crippen LogP contribution in [0, 0.1) is 26.7 Å². The van der Waals surface area contributed by atoms with Crippen LogP contribution < -0.4 is 10.1 Å². The molecule has 0 aliphatic carbocycles. The molecule has 0 saturated carbocycles. The van der Waals surface area contributed by atoms with Gasteiger partial charge in [-0.15, -0.1) is 0 Å². The SMILES string of the molecule is CNCC(O)COc1cccc(-c2nc(CC3CCCN(C(=O)OC)C3)c(C)c(-c3c(C)noc3C)n2)c1. The summed E-state index contributed by atoms with van der Waals surface area (Å²) < 4.78 is 16.2. The van der Waals surface area contributed by atoms with Gasteiger partial charge < -0.3 is 29.3 Å². The van der Waals surface area contributed by atoms with Crippen LogP contribution in [0.2, 0.25) is 0 Å². The molecule has 10 nitrogen and oxygen atoms in total. The van der Waals surface area contributed by atoms with Crippen molar-refractivity contribution in [1.82, 2.24) is 25.3 Å². The Bertz CT molecular complexity index is 1240. The largest absolute Gasteiger partial charge is 0.491 e. The topological polar surface area (TPSA) is 123 Å². The summed E-state index contributed by atoms with van der Waals surface area (Å²) in [5.74, 6) is 2.15. The molecule has 2 unspecified atom stereocenters. The van der Waals surface area contributed by atoms with E-state index in [1.54, 1.807) is 11.9 Å². The van der Waals surface area contributed by atoms with E-state index in [0.29, 0.717) is 43.4 Å². The van der Waals surface area contributed by atoms with Crippen LogP contribution in [0.25, 0.3) is 22.6 Å². The summed E-state index contributed by atoms with van der Waals surface area (Å²) in [5.41, 5.74) is 5.14. The normalized spacial score (nSPS) is 16.4. The van der Waals surface area contributed by atoms with Crippen LogP contribution >= 0.6 is 0 Å². The highest BCUT2D eigenvalue weighted by Crippen LogP contribution is 2.33. The number of benzene rings is 1. The van der Waals surface area contributed by atoms with Gasteiger partial charge in [0.15, 0.2) is 5.82 Å². The second kappa shape index (κ2) is 12.4. The first-order chi connectivity index (χ1) is 18.3. The third-order valence-corrected chi connectivity index (χ3v) is 6.93. The predicted octanol–water partition coefficient (Wildman–Crippen LogP) is 3.70. The van der Waals surface area contributed by atoms with Gasteiger partial charge in [-0.1, -0.05) is 17.3 Å². The number of likely N-dealkylation sites (tertiary alicyclic amines) is 1. The van der Waals surface area contributed by atoms with E-state index < -0.39 is 6.10 Å². The smallest absolute Gasteiger partial charge is 0.409 e. The highest BCUT2D eigenvalue weighted by Gasteiger charge is 2.27. The molecule has 38 heavy (non-hydrogen) atoms.